The monoisotopic (exact) mass is 225 g/mol. The quantitative estimate of drug-likeness (QED) is 0.747. The molecule has 1 saturated carbocycles. The van der Waals surface area contributed by atoms with Gasteiger partial charge in [-0.2, -0.15) is 5.26 Å². The van der Waals surface area contributed by atoms with Crippen molar-refractivity contribution in [3.8, 4) is 6.07 Å². The van der Waals surface area contributed by atoms with Gasteiger partial charge in [-0.1, -0.05) is 0 Å². The van der Waals surface area contributed by atoms with E-state index >= 15 is 0 Å². The average Bonchev–Trinajstić information content (AvgIpc) is 2.50. The van der Waals surface area contributed by atoms with Crippen LogP contribution in [-0.4, -0.2) is 9.55 Å². The maximum absolute atomic E-state index is 9.28. The van der Waals surface area contributed by atoms with Gasteiger partial charge in [0, 0.05) is 22.8 Å². The summed E-state index contributed by atoms with van der Waals surface area (Å²) in [5.41, 5.74) is 3.87. The molecule has 3 nitrogen and oxygen atoms in total. The fraction of sp³-hybridized carbons (Fsp3) is 0.429. The van der Waals surface area contributed by atoms with Crippen molar-refractivity contribution in [3.63, 3.8) is 0 Å². The summed E-state index contributed by atoms with van der Waals surface area (Å²) in [6, 6.07) is 6.88. The molecular formula is C14H15N3. The summed E-state index contributed by atoms with van der Waals surface area (Å²) in [4.78, 5) is 4.62. The van der Waals surface area contributed by atoms with Gasteiger partial charge < -0.3 is 4.57 Å². The van der Waals surface area contributed by atoms with E-state index in [4.69, 9.17) is 0 Å². The predicted molar refractivity (Wildman–Crippen MR) is 66.8 cm³/mol. The number of hydrogen-bond acceptors (Lipinski definition) is 2. The second-order valence-corrected chi connectivity index (χ2v) is 4.85. The Balaban J connectivity index is 2.35. The van der Waals surface area contributed by atoms with E-state index in [0.29, 0.717) is 6.04 Å². The molecule has 0 aliphatic heterocycles. The predicted octanol–water partition coefficient (Wildman–Crippen LogP) is 3.25. The zero-order valence-electron chi connectivity index (χ0n) is 10.2. The second-order valence-electron chi connectivity index (χ2n) is 4.85. The molecule has 2 aromatic heterocycles. The molecule has 0 N–H and O–H groups in total. The molecule has 0 unspecified atom stereocenters. The topological polar surface area (TPSA) is 41.6 Å². The minimum absolute atomic E-state index is 0.550. The van der Waals surface area contributed by atoms with Gasteiger partial charge in [0.2, 0.25) is 0 Å². The van der Waals surface area contributed by atoms with Crippen molar-refractivity contribution in [2.75, 3.05) is 0 Å². The van der Waals surface area contributed by atoms with E-state index in [9.17, 15) is 5.26 Å². The fourth-order valence-electron chi connectivity index (χ4n) is 2.63. The molecule has 0 atom stereocenters. The van der Waals surface area contributed by atoms with E-state index in [1.165, 1.54) is 19.3 Å². The first kappa shape index (κ1) is 10.3. The van der Waals surface area contributed by atoms with Crippen LogP contribution in [0.2, 0.25) is 0 Å². The highest BCUT2D eigenvalue weighted by Crippen LogP contribution is 2.37. The van der Waals surface area contributed by atoms with Crippen LogP contribution in [0.4, 0.5) is 0 Å². The zero-order chi connectivity index (χ0) is 12.0. The van der Waals surface area contributed by atoms with Crippen LogP contribution in [0.15, 0.2) is 12.1 Å². The van der Waals surface area contributed by atoms with Crippen molar-refractivity contribution >= 4 is 11.0 Å². The SMILES string of the molecule is Cc1ccc2c(C#N)c(C)n(C3CCC3)c2n1. The molecular weight excluding hydrogens is 210 g/mol. The molecule has 17 heavy (non-hydrogen) atoms. The lowest BCUT2D eigenvalue weighted by molar-refractivity contribution is 0.316. The van der Waals surface area contributed by atoms with E-state index in [1.54, 1.807) is 0 Å². The summed E-state index contributed by atoms with van der Waals surface area (Å²) in [5, 5.41) is 10.3. The summed E-state index contributed by atoms with van der Waals surface area (Å²) in [7, 11) is 0. The Morgan fingerprint density at radius 3 is 2.71 bits per heavy atom. The molecule has 0 amide bonds. The Bertz CT molecular complexity index is 627. The number of fused-ring (bicyclic) bond motifs is 1. The highest BCUT2D eigenvalue weighted by Gasteiger charge is 2.25. The molecule has 1 aliphatic rings. The minimum atomic E-state index is 0.550. The van der Waals surface area contributed by atoms with E-state index in [1.807, 2.05) is 26.0 Å². The number of pyridine rings is 1. The van der Waals surface area contributed by atoms with Crippen molar-refractivity contribution in [3.05, 3.63) is 29.1 Å². The largest absolute Gasteiger partial charge is 0.325 e. The number of hydrogen-bond donors (Lipinski definition) is 0. The lowest BCUT2D eigenvalue weighted by Crippen LogP contribution is -2.18. The molecule has 86 valence electrons. The Kier molecular flexibility index (Phi) is 2.19. The standard InChI is InChI=1S/C14H15N3/c1-9-6-7-12-13(8-15)10(2)17(14(12)16-9)11-4-3-5-11/h6-7,11H,3-5H2,1-2H3. The summed E-state index contributed by atoms with van der Waals surface area (Å²) < 4.78 is 2.27. The van der Waals surface area contributed by atoms with E-state index in [2.05, 4.69) is 15.6 Å². The summed E-state index contributed by atoms with van der Waals surface area (Å²) in [5.74, 6) is 0. The fourth-order valence-corrected chi connectivity index (χ4v) is 2.63. The third-order valence-electron chi connectivity index (χ3n) is 3.79. The first-order valence-electron chi connectivity index (χ1n) is 6.10. The Morgan fingerprint density at radius 2 is 2.12 bits per heavy atom. The Hall–Kier alpha value is -1.82. The second kappa shape index (κ2) is 3.59. The number of nitriles is 1. The number of rotatable bonds is 1. The van der Waals surface area contributed by atoms with Crippen LogP contribution in [0.25, 0.3) is 11.0 Å². The number of aromatic nitrogens is 2. The lowest BCUT2D eigenvalue weighted by Gasteiger charge is -2.29. The van der Waals surface area contributed by atoms with Crippen molar-refractivity contribution in [2.45, 2.75) is 39.2 Å². The zero-order valence-corrected chi connectivity index (χ0v) is 10.2. The molecule has 0 spiro atoms. The molecule has 1 aliphatic carbocycles. The van der Waals surface area contributed by atoms with Crippen molar-refractivity contribution < 1.29 is 0 Å². The van der Waals surface area contributed by atoms with Gasteiger partial charge in [0.25, 0.3) is 0 Å². The summed E-state index contributed by atoms with van der Waals surface area (Å²) in [6.07, 6.45) is 3.72. The summed E-state index contributed by atoms with van der Waals surface area (Å²) in [6.45, 7) is 4.03. The van der Waals surface area contributed by atoms with E-state index in [0.717, 1.165) is 28.0 Å². The van der Waals surface area contributed by atoms with Crippen LogP contribution in [0.1, 0.15) is 42.3 Å². The average molecular weight is 225 g/mol. The van der Waals surface area contributed by atoms with Gasteiger partial charge >= 0.3 is 0 Å². The molecule has 3 heteroatoms. The Labute approximate surface area is 101 Å². The maximum Gasteiger partial charge on any atom is 0.142 e. The van der Waals surface area contributed by atoms with Crippen LogP contribution >= 0.6 is 0 Å². The molecule has 1 fully saturated rings. The van der Waals surface area contributed by atoms with Crippen LogP contribution in [0.3, 0.4) is 0 Å². The maximum atomic E-state index is 9.28. The van der Waals surface area contributed by atoms with Gasteiger partial charge in [0.15, 0.2) is 0 Å². The smallest absolute Gasteiger partial charge is 0.142 e. The summed E-state index contributed by atoms with van der Waals surface area (Å²) >= 11 is 0. The van der Waals surface area contributed by atoms with Gasteiger partial charge in [-0.25, -0.2) is 4.98 Å². The normalized spacial score (nSPS) is 15.8. The van der Waals surface area contributed by atoms with E-state index < -0.39 is 0 Å². The first-order chi connectivity index (χ1) is 8.22. The lowest BCUT2D eigenvalue weighted by atomic mass is 9.92. The van der Waals surface area contributed by atoms with Crippen molar-refractivity contribution in [2.24, 2.45) is 0 Å². The van der Waals surface area contributed by atoms with Crippen LogP contribution in [-0.2, 0) is 0 Å². The van der Waals surface area contributed by atoms with Crippen LogP contribution in [0.5, 0.6) is 0 Å². The number of aryl methyl sites for hydroxylation is 1. The van der Waals surface area contributed by atoms with Gasteiger partial charge in [-0.05, 0) is 45.2 Å². The molecule has 0 saturated heterocycles. The van der Waals surface area contributed by atoms with Crippen molar-refractivity contribution in [1.82, 2.24) is 9.55 Å². The van der Waals surface area contributed by atoms with E-state index in [-0.39, 0.29) is 0 Å². The van der Waals surface area contributed by atoms with Crippen LogP contribution < -0.4 is 0 Å². The highest BCUT2D eigenvalue weighted by atomic mass is 15.1. The highest BCUT2D eigenvalue weighted by molar-refractivity contribution is 5.85. The van der Waals surface area contributed by atoms with Gasteiger partial charge in [-0.15, -0.1) is 0 Å². The molecule has 2 aromatic rings. The molecule has 0 radical (unpaired) electrons. The third kappa shape index (κ3) is 1.37. The molecule has 0 bridgehead atoms. The van der Waals surface area contributed by atoms with Gasteiger partial charge in [0.05, 0.1) is 5.56 Å². The molecule has 0 aromatic carbocycles. The Morgan fingerprint density at radius 1 is 1.35 bits per heavy atom. The van der Waals surface area contributed by atoms with Gasteiger partial charge in [0.1, 0.15) is 11.7 Å². The minimum Gasteiger partial charge on any atom is -0.325 e. The van der Waals surface area contributed by atoms with Crippen molar-refractivity contribution in [1.29, 1.82) is 5.26 Å². The third-order valence-corrected chi connectivity index (χ3v) is 3.79. The van der Waals surface area contributed by atoms with Crippen LogP contribution in [0, 0.1) is 25.2 Å². The first-order valence-corrected chi connectivity index (χ1v) is 6.10. The number of nitrogens with zero attached hydrogens (tertiary/aromatic N) is 3. The molecule has 3 rings (SSSR count). The molecule has 2 heterocycles. The van der Waals surface area contributed by atoms with Gasteiger partial charge in [-0.3, -0.25) is 0 Å².